The highest BCUT2D eigenvalue weighted by Crippen LogP contribution is 2.22. The van der Waals surface area contributed by atoms with Gasteiger partial charge in [0.15, 0.2) is 0 Å². The average Bonchev–Trinajstić information content (AvgIpc) is 2.02. The summed E-state index contributed by atoms with van der Waals surface area (Å²) in [7, 11) is 1.29. The Bertz CT molecular complexity index is 187. The summed E-state index contributed by atoms with van der Waals surface area (Å²) in [4.78, 5) is 10.9. The van der Waals surface area contributed by atoms with E-state index in [0.29, 0.717) is 5.92 Å². The number of carbonyl (C=O) groups excluding carboxylic acids is 1. The summed E-state index contributed by atoms with van der Waals surface area (Å²) >= 11 is 0. The van der Waals surface area contributed by atoms with E-state index in [1.807, 2.05) is 6.92 Å². The van der Waals surface area contributed by atoms with Crippen LogP contribution in [0.1, 0.15) is 27.2 Å². The van der Waals surface area contributed by atoms with Gasteiger partial charge in [-0.25, -0.2) is 4.79 Å². The molecule has 0 aliphatic rings. The molecule has 13 heavy (non-hydrogen) atoms. The molecular weight excluding hydrogens is 168 g/mol. The maximum absolute atomic E-state index is 10.9. The van der Waals surface area contributed by atoms with Gasteiger partial charge < -0.3 is 9.47 Å². The Morgan fingerprint density at radius 3 is 2.46 bits per heavy atom. The Hall–Kier alpha value is -0.990. The lowest BCUT2D eigenvalue weighted by atomic mass is 9.94. The van der Waals surface area contributed by atoms with Gasteiger partial charge >= 0.3 is 6.16 Å². The normalized spacial score (nSPS) is 14.8. The summed E-state index contributed by atoms with van der Waals surface area (Å²) in [5.74, 6) is 0.438. The summed E-state index contributed by atoms with van der Waals surface area (Å²) in [6.45, 7) is 9.57. The van der Waals surface area contributed by atoms with Crippen molar-refractivity contribution in [3.05, 3.63) is 12.7 Å². The van der Waals surface area contributed by atoms with Crippen molar-refractivity contribution in [3.8, 4) is 0 Å². The second-order valence-corrected chi connectivity index (χ2v) is 3.67. The van der Waals surface area contributed by atoms with E-state index in [1.54, 1.807) is 6.08 Å². The fourth-order valence-corrected chi connectivity index (χ4v) is 1.21. The van der Waals surface area contributed by atoms with Crippen molar-refractivity contribution in [2.75, 3.05) is 7.11 Å². The molecule has 0 radical (unpaired) electrons. The van der Waals surface area contributed by atoms with Crippen molar-refractivity contribution in [2.24, 2.45) is 5.92 Å². The van der Waals surface area contributed by atoms with Crippen molar-refractivity contribution < 1.29 is 14.3 Å². The van der Waals surface area contributed by atoms with Crippen LogP contribution in [0.4, 0.5) is 4.79 Å². The minimum atomic E-state index is -0.664. The molecule has 0 aliphatic heterocycles. The van der Waals surface area contributed by atoms with E-state index in [4.69, 9.17) is 4.74 Å². The number of hydrogen-bond acceptors (Lipinski definition) is 3. The zero-order valence-corrected chi connectivity index (χ0v) is 8.79. The Morgan fingerprint density at radius 1 is 1.62 bits per heavy atom. The molecule has 0 saturated carbocycles. The molecule has 0 fully saturated rings. The van der Waals surface area contributed by atoms with E-state index >= 15 is 0 Å². The van der Waals surface area contributed by atoms with Crippen molar-refractivity contribution >= 4 is 6.16 Å². The van der Waals surface area contributed by atoms with Gasteiger partial charge in [0.05, 0.1) is 7.11 Å². The molecule has 0 amide bonds. The van der Waals surface area contributed by atoms with Crippen LogP contribution in [-0.2, 0) is 9.47 Å². The van der Waals surface area contributed by atoms with Crippen LogP contribution < -0.4 is 0 Å². The highest BCUT2D eigenvalue weighted by molar-refractivity contribution is 5.60. The highest BCUT2D eigenvalue weighted by Gasteiger charge is 2.26. The van der Waals surface area contributed by atoms with Crippen LogP contribution in [0, 0.1) is 5.92 Å². The van der Waals surface area contributed by atoms with E-state index in [-0.39, 0.29) is 0 Å². The standard InChI is InChI=1S/C10H18O3/c1-6-10(4,7-8(2)3)13-9(11)12-5/h6,8H,1,7H2,2-5H3/t10-/m1/s1. The summed E-state index contributed by atoms with van der Waals surface area (Å²) in [5.41, 5.74) is -0.624. The van der Waals surface area contributed by atoms with Crippen LogP contribution >= 0.6 is 0 Å². The molecule has 0 aromatic heterocycles. The summed E-state index contributed by atoms with van der Waals surface area (Å²) < 4.78 is 9.49. The fraction of sp³-hybridized carbons (Fsp3) is 0.700. The van der Waals surface area contributed by atoms with Gasteiger partial charge in [-0.1, -0.05) is 20.4 Å². The molecule has 1 atom stereocenters. The molecule has 0 aliphatic carbocycles. The van der Waals surface area contributed by atoms with Crippen LogP contribution in [0.3, 0.4) is 0 Å². The lowest BCUT2D eigenvalue weighted by Gasteiger charge is -2.26. The van der Waals surface area contributed by atoms with Gasteiger partial charge in [0.1, 0.15) is 5.60 Å². The van der Waals surface area contributed by atoms with Gasteiger partial charge in [-0.05, 0) is 25.3 Å². The highest BCUT2D eigenvalue weighted by atomic mass is 16.7. The van der Waals surface area contributed by atoms with Gasteiger partial charge in [0.25, 0.3) is 0 Å². The lowest BCUT2D eigenvalue weighted by Crippen LogP contribution is -2.30. The first kappa shape index (κ1) is 12.0. The van der Waals surface area contributed by atoms with Gasteiger partial charge in [-0.2, -0.15) is 0 Å². The number of rotatable bonds is 4. The fourth-order valence-electron chi connectivity index (χ4n) is 1.21. The quantitative estimate of drug-likeness (QED) is 0.500. The zero-order valence-electron chi connectivity index (χ0n) is 8.79. The Labute approximate surface area is 79.7 Å². The van der Waals surface area contributed by atoms with Gasteiger partial charge in [-0.3, -0.25) is 0 Å². The molecule has 0 bridgehead atoms. The molecular formula is C10H18O3. The van der Waals surface area contributed by atoms with Crippen molar-refractivity contribution in [1.29, 1.82) is 0 Å². The topological polar surface area (TPSA) is 35.5 Å². The third-order valence-corrected chi connectivity index (χ3v) is 1.73. The minimum Gasteiger partial charge on any atom is -0.438 e. The van der Waals surface area contributed by atoms with E-state index in [0.717, 1.165) is 6.42 Å². The number of ether oxygens (including phenoxy) is 2. The summed E-state index contributed by atoms with van der Waals surface area (Å²) in [6.07, 6.45) is 1.71. The summed E-state index contributed by atoms with van der Waals surface area (Å²) in [5, 5.41) is 0. The van der Waals surface area contributed by atoms with E-state index in [1.165, 1.54) is 7.11 Å². The van der Waals surface area contributed by atoms with Crippen molar-refractivity contribution in [3.63, 3.8) is 0 Å². The smallest absolute Gasteiger partial charge is 0.438 e. The van der Waals surface area contributed by atoms with Crippen molar-refractivity contribution in [2.45, 2.75) is 32.8 Å². The predicted octanol–water partition coefficient (Wildman–Crippen LogP) is 2.76. The predicted molar refractivity (Wildman–Crippen MR) is 51.5 cm³/mol. The van der Waals surface area contributed by atoms with E-state index in [2.05, 4.69) is 25.2 Å². The first-order chi connectivity index (χ1) is 5.93. The molecule has 0 aromatic carbocycles. The molecule has 0 rings (SSSR count). The molecule has 0 spiro atoms. The van der Waals surface area contributed by atoms with E-state index < -0.39 is 11.8 Å². The molecule has 76 valence electrons. The first-order valence-corrected chi connectivity index (χ1v) is 4.34. The molecule has 3 nitrogen and oxygen atoms in total. The zero-order chi connectivity index (χ0) is 10.5. The van der Waals surface area contributed by atoms with Gasteiger partial charge in [0, 0.05) is 0 Å². The number of hydrogen-bond donors (Lipinski definition) is 0. The third kappa shape index (κ3) is 4.55. The molecule has 0 heterocycles. The average molecular weight is 186 g/mol. The Balaban J connectivity index is 4.27. The molecule has 3 heteroatoms. The van der Waals surface area contributed by atoms with Gasteiger partial charge in [-0.15, -0.1) is 0 Å². The number of carbonyl (C=O) groups is 1. The SMILES string of the molecule is C=C[C@](C)(CC(C)C)OC(=O)OC. The van der Waals surface area contributed by atoms with Crippen LogP contribution in [0.15, 0.2) is 12.7 Å². The monoisotopic (exact) mass is 186 g/mol. The van der Waals surface area contributed by atoms with E-state index in [9.17, 15) is 4.79 Å². The van der Waals surface area contributed by atoms with Crippen LogP contribution in [0.5, 0.6) is 0 Å². The third-order valence-electron chi connectivity index (χ3n) is 1.73. The lowest BCUT2D eigenvalue weighted by molar-refractivity contribution is -0.000647. The molecule has 0 saturated heterocycles. The Morgan fingerprint density at radius 2 is 2.15 bits per heavy atom. The number of methoxy groups -OCH3 is 1. The largest absolute Gasteiger partial charge is 0.508 e. The molecule has 0 aromatic rings. The summed E-state index contributed by atoms with van der Waals surface area (Å²) in [6, 6.07) is 0. The second kappa shape index (κ2) is 4.90. The van der Waals surface area contributed by atoms with Crippen LogP contribution in [0.2, 0.25) is 0 Å². The Kier molecular flexibility index (Phi) is 4.52. The molecule has 0 N–H and O–H groups in total. The maximum Gasteiger partial charge on any atom is 0.508 e. The van der Waals surface area contributed by atoms with Crippen LogP contribution in [0.25, 0.3) is 0 Å². The maximum atomic E-state index is 10.9. The minimum absolute atomic E-state index is 0.438. The first-order valence-electron chi connectivity index (χ1n) is 4.34. The molecule has 0 unspecified atom stereocenters. The van der Waals surface area contributed by atoms with Crippen molar-refractivity contribution in [1.82, 2.24) is 0 Å². The van der Waals surface area contributed by atoms with Gasteiger partial charge in [0.2, 0.25) is 0 Å². The van der Waals surface area contributed by atoms with Crippen LogP contribution in [-0.4, -0.2) is 18.9 Å². The second-order valence-electron chi connectivity index (χ2n) is 3.67.